The zero-order valence-electron chi connectivity index (χ0n) is 18.4. The first-order valence-electron chi connectivity index (χ1n) is 10.6. The maximum Gasteiger partial charge on any atom is 0.191 e. The predicted molar refractivity (Wildman–Crippen MR) is 131 cm³/mol. The first-order chi connectivity index (χ1) is 13.6. The molecule has 0 spiro atoms. The minimum absolute atomic E-state index is 0. The van der Waals surface area contributed by atoms with E-state index in [0.717, 1.165) is 64.7 Å². The van der Waals surface area contributed by atoms with Gasteiger partial charge in [0, 0.05) is 53.0 Å². The van der Waals surface area contributed by atoms with Crippen molar-refractivity contribution in [2.24, 2.45) is 4.99 Å². The maximum absolute atomic E-state index is 5.86. The fraction of sp³-hybridized carbons (Fsp3) is 0.682. The van der Waals surface area contributed by atoms with Crippen LogP contribution in [0, 0.1) is 0 Å². The van der Waals surface area contributed by atoms with E-state index in [9.17, 15) is 0 Å². The summed E-state index contributed by atoms with van der Waals surface area (Å²) in [6, 6.07) is 8.66. The van der Waals surface area contributed by atoms with Crippen molar-refractivity contribution in [3.8, 4) is 0 Å². The van der Waals surface area contributed by atoms with E-state index in [4.69, 9.17) is 9.47 Å². The van der Waals surface area contributed by atoms with E-state index in [1.807, 2.05) is 14.0 Å². The molecule has 0 aromatic heterocycles. The zero-order chi connectivity index (χ0) is 20.2. The van der Waals surface area contributed by atoms with Gasteiger partial charge in [-0.15, -0.1) is 24.0 Å². The van der Waals surface area contributed by atoms with Crippen LogP contribution >= 0.6 is 24.0 Å². The number of aliphatic imine (C=N–C) groups is 1. The van der Waals surface area contributed by atoms with Crippen LogP contribution in [0.1, 0.15) is 44.7 Å². The summed E-state index contributed by atoms with van der Waals surface area (Å²) in [4.78, 5) is 6.83. The summed E-state index contributed by atoms with van der Waals surface area (Å²) in [6.45, 7) is 12.5. The Morgan fingerprint density at radius 2 is 1.83 bits per heavy atom. The number of halogens is 1. The lowest BCUT2D eigenvalue weighted by atomic mass is 10.1. The molecule has 0 aliphatic carbocycles. The lowest BCUT2D eigenvalue weighted by Gasteiger charge is -2.35. The summed E-state index contributed by atoms with van der Waals surface area (Å²) < 4.78 is 11.2. The molecule has 7 heteroatoms. The van der Waals surface area contributed by atoms with Crippen LogP contribution in [0.3, 0.4) is 0 Å². The average molecular weight is 518 g/mol. The van der Waals surface area contributed by atoms with Gasteiger partial charge < -0.3 is 20.1 Å². The van der Waals surface area contributed by atoms with E-state index in [2.05, 4.69) is 58.6 Å². The number of rotatable bonds is 10. The summed E-state index contributed by atoms with van der Waals surface area (Å²) in [5.41, 5.74) is 2.68. The highest BCUT2D eigenvalue weighted by molar-refractivity contribution is 14.0. The quantitative estimate of drug-likeness (QED) is 0.215. The topological polar surface area (TPSA) is 58.1 Å². The Kier molecular flexibility index (Phi) is 13.5. The summed E-state index contributed by atoms with van der Waals surface area (Å²) in [5, 5.41) is 6.83. The first kappa shape index (κ1) is 26.1. The van der Waals surface area contributed by atoms with Gasteiger partial charge in [-0.1, -0.05) is 24.3 Å². The van der Waals surface area contributed by atoms with Crippen molar-refractivity contribution in [1.82, 2.24) is 15.5 Å². The molecule has 2 atom stereocenters. The van der Waals surface area contributed by atoms with Crippen molar-refractivity contribution in [3.63, 3.8) is 0 Å². The molecule has 1 saturated heterocycles. The maximum atomic E-state index is 5.86. The number of guanidine groups is 1. The molecule has 6 nitrogen and oxygen atoms in total. The van der Waals surface area contributed by atoms with Crippen molar-refractivity contribution in [2.75, 3.05) is 39.9 Å². The Morgan fingerprint density at radius 3 is 2.48 bits per heavy atom. The molecular formula is C22H39IN4O2. The fourth-order valence-corrected chi connectivity index (χ4v) is 3.62. The van der Waals surface area contributed by atoms with Crippen molar-refractivity contribution < 1.29 is 9.47 Å². The standard InChI is InChI=1S/C22H38N4O2.HI/c1-5-27-13-9-8-12-24-22(23-4)25-14-20-10-6-7-11-21(20)17-26-15-18(2)28-19(3)16-26;/h6-7,10-11,18-19H,5,8-9,12-17H2,1-4H3,(H2,23,24,25);1H. The monoisotopic (exact) mass is 518 g/mol. The van der Waals surface area contributed by atoms with E-state index in [-0.39, 0.29) is 24.0 Å². The van der Waals surface area contributed by atoms with Gasteiger partial charge in [-0.25, -0.2) is 0 Å². The molecule has 1 heterocycles. The first-order valence-corrected chi connectivity index (χ1v) is 10.6. The van der Waals surface area contributed by atoms with Crippen LogP contribution in [0.2, 0.25) is 0 Å². The Bertz CT molecular complexity index is 590. The third kappa shape index (κ3) is 10.1. The third-order valence-electron chi connectivity index (χ3n) is 4.89. The predicted octanol–water partition coefficient (Wildman–Crippen LogP) is 3.40. The lowest BCUT2D eigenvalue weighted by molar-refractivity contribution is -0.0705. The smallest absolute Gasteiger partial charge is 0.191 e. The molecule has 0 radical (unpaired) electrons. The molecule has 1 aliphatic rings. The lowest BCUT2D eigenvalue weighted by Crippen LogP contribution is -2.45. The number of nitrogens with one attached hydrogen (secondary N) is 2. The Morgan fingerprint density at radius 1 is 1.14 bits per heavy atom. The fourth-order valence-electron chi connectivity index (χ4n) is 3.62. The van der Waals surface area contributed by atoms with E-state index in [1.165, 1.54) is 11.1 Å². The zero-order valence-corrected chi connectivity index (χ0v) is 20.8. The van der Waals surface area contributed by atoms with Crippen molar-refractivity contribution in [3.05, 3.63) is 35.4 Å². The molecule has 29 heavy (non-hydrogen) atoms. The van der Waals surface area contributed by atoms with Gasteiger partial charge in [0.1, 0.15) is 0 Å². The van der Waals surface area contributed by atoms with Gasteiger partial charge >= 0.3 is 0 Å². The number of unbranched alkanes of at least 4 members (excludes halogenated alkanes) is 1. The second-order valence-electron chi connectivity index (χ2n) is 7.48. The van der Waals surface area contributed by atoms with Gasteiger partial charge in [0.2, 0.25) is 0 Å². The van der Waals surface area contributed by atoms with Gasteiger partial charge in [-0.3, -0.25) is 9.89 Å². The molecule has 1 aromatic carbocycles. The molecule has 2 rings (SSSR count). The molecule has 1 fully saturated rings. The van der Waals surface area contributed by atoms with E-state index >= 15 is 0 Å². The number of ether oxygens (including phenoxy) is 2. The highest BCUT2D eigenvalue weighted by Crippen LogP contribution is 2.17. The number of nitrogens with zero attached hydrogens (tertiary/aromatic N) is 2. The van der Waals surface area contributed by atoms with Gasteiger partial charge in [0.15, 0.2) is 5.96 Å². The van der Waals surface area contributed by atoms with Crippen LogP contribution in [0.4, 0.5) is 0 Å². The normalized spacial score (nSPS) is 20.2. The van der Waals surface area contributed by atoms with Gasteiger partial charge in [0.25, 0.3) is 0 Å². The van der Waals surface area contributed by atoms with Crippen molar-refractivity contribution in [2.45, 2.75) is 58.9 Å². The number of hydrogen-bond acceptors (Lipinski definition) is 4. The minimum Gasteiger partial charge on any atom is -0.382 e. The van der Waals surface area contributed by atoms with E-state index in [1.54, 1.807) is 0 Å². The number of hydrogen-bond donors (Lipinski definition) is 2. The van der Waals surface area contributed by atoms with Crippen molar-refractivity contribution >= 4 is 29.9 Å². The van der Waals surface area contributed by atoms with E-state index < -0.39 is 0 Å². The largest absolute Gasteiger partial charge is 0.382 e. The second kappa shape index (κ2) is 15.0. The number of benzene rings is 1. The summed E-state index contributed by atoms with van der Waals surface area (Å²) in [6.07, 6.45) is 2.72. The molecular weight excluding hydrogens is 479 g/mol. The van der Waals surface area contributed by atoms with E-state index in [0.29, 0.717) is 12.2 Å². The van der Waals surface area contributed by atoms with Crippen LogP contribution in [-0.2, 0) is 22.6 Å². The molecule has 0 saturated carbocycles. The van der Waals surface area contributed by atoms with Crippen LogP contribution in [0.15, 0.2) is 29.3 Å². The van der Waals surface area contributed by atoms with Crippen LogP contribution < -0.4 is 10.6 Å². The molecule has 0 amide bonds. The average Bonchev–Trinajstić information content (AvgIpc) is 2.67. The highest BCUT2D eigenvalue weighted by Gasteiger charge is 2.22. The SMILES string of the molecule is CCOCCCCNC(=NC)NCc1ccccc1CN1CC(C)OC(C)C1.I. The molecule has 2 unspecified atom stereocenters. The second-order valence-corrected chi connectivity index (χ2v) is 7.48. The van der Waals surface area contributed by atoms with Crippen LogP contribution in [-0.4, -0.2) is 63.0 Å². The molecule has 1 aliphatic heterocycles. The molecule has 1 aromatic rings. The molecule has 2 N–H and O–H groups in total. The minimum atomic E-state index is 0. The van der Waals surface area contributed by atoms with Gasteiger partial charge in [-0.2, -0.15) is 0 Å². The third-order valence-corrected chi connectivity index (χ3v) is 4.89. The van der Waals surface area contributed by atoms with Crippen LogP contribution in [0.5, 0.6) is 0 Å². The summed E-state index contributed by atoms with van der Waals surface area (Å²) in [5.74, 6) is 0.847. The Labute approximate surface area is 193 Å². The number of morpholine rings is 1. The van der Waals surface area contributed by atoms with Crippen molar-refractivity contribution in [1.29, 1.82) is 0 Å². The Hall–Kier alpha value is -0.900. The van der Waals surface area contributed by atoms with Crippen LogP contribution in [0.25, 0.3) is 0 Å². The van der Waals surface area contributed by atoms with Gasteiger partial charge in [0.05, 0.1) is 12.2 Å². The highest BCUT2D eigenvalue weighted by atomic mass is 127. The summed E-state index contributed by atoms with van der Waals surface area (Å²) >= 11 is 0. The van der Waals surface area contributed by atoms with Gasteiger partial charge in [-0.05, 0) is 44.7 Å². The molecule has 166 valence electrons. The summed E-state index contributed by atoms with van der Waals surface area (Å²) in [7, 11) is 1.82. The molecule has 0 bridgehead atoms. The Balaban J connectivity index is 0.00000420.